The van der Waals surface area contributed by atoms with Gasteiger partial charge in [-0.15, -0.1) is 0 Å². The van der Waals surface area contributed by atoms with Gasteiger partial charge >= 0.3 is 0 Å². The summed E-state index contributed by atoms with van der Waals surface area (Å²) >= 11 is 0. The number of carbonyl (C=O) groups excluding carboxylic acids is 2. The molecule has 0 radical (unpaired) electrons. The summed E-state index contributed by atoms with van der Waals surface area (Å²) in [4.78, 5) is 26.2. The van der Waals surface area contributed by atoms with Gasteiger partial charge < -0.3 is 0 Å². The highest BCUT2D eigenvalue weighted by molar-refractivity contribution is 6.25. The Hall–Kier alpha value is -3.16. The molecule has 0 bridgehead atoms. The zero-order valence-corrected chi connectivity index (χ0v) is 12.8. The van der Waals surface area contributed by atoms with E-state index in [-0.39, 0.29) is 12.4 Å². The number of nitrogens with zero attached hydrogens (tertiary/aromatic N) is 4. The van der Waals surface area contributed by atoms with Crippen molar-refractivity contribution in [3.8, 4) is 0 Å². The van der Waals surface area contributed by atoms with Crippen molar-refractivity contribution in [2.45, 2.75) is 18.6 Å². The topological polar surface area (TPSA) is 65.3 Å². The van der Waals surface area contributed by atoms with Crippen LogP contribution < -0.4 is 4.90 Å². The summed E-state index contributed by atoms with van der Waals surface area (Å²) in [6.07, 6.45) is 0. The summed E-state index contributed by atoms with van der Waals surface area (Å²) in [6.45, 7) is 0.223. The first kappa shape index (κ1) is 15.4. The first-order valence-corrected chi connectivity index (χ1v) is 7.60. The molecule has 0 aliphatic carbocycles. The molecule has 0 saturated carbocycles. The quantitative estimate of drug-likeness (QED) is 0.805. The van der Waals surface area contributed by atoms with Crippen molar-refractivity contribution in [3.63, 3.8) is 0 Å². The number of halogens is 2. The third-order valence-electron chi connectivity index (χ3n) is 4.20. The largest absolute Gasteiger partial charge is 0.271 e. The van der Waals surface area contributed by atoms with Crippen molar-refractivity contribution in [1.82, 2.24) is 5.01 Å². The highest BCUT2D eigenvalue weighted by Gasteiger charge is 2.54. The summed E-state index contributed by atoms with van der Waals surface area (Å²) in [5, 5.41) is 9.24. The maximum atomic E-state index is 13.1. The van der Waals surface area contributed by atoms with Crippen LogP contribution in [0.4, 0.5) is 14.5 Å². The molecule has 0 spiro atoms. The van der Waals surface area contributed by atoms with Crippen molar-refractivity contribution in [3.05, 3.63) is 65.7 Å². The monoisotopic (exact) mass is 342 g/mol. The molecule has 2 aliphatic rings. The van der Waals surface area contributed by atoms with Crippen LogP contribution in [0.2, 0.25) is 0 Å². The van der Waals surface area contributed by atoms with Crippen molar-refractivity contribution in [1.29, 1.82) is 0 Å². The molecule has 25 heavy (non-hydrogen) atoms. The normalized spacial score (nSPS) is 22.0. The zero-order chi connectivity index (χ0) is 17.6. The Labute approximate surface area is 141 Å². The second-order valence-corrected chi connectivity index (χ2v) is 5.81. The number of amides is 2. The third-order valence-corrected chi connectivity index (χ3v) is 4.20. The van der Waals surface area contributed by atoms with Gasteiger partial charge in [0, 0.05) is 0 Å². The number of rotatable bonds is 3. The lowest BCUT2D eigenvalue weighted by molar-refractivity contribution is -0.123. The molecule has 2 amide bonds. The molecule has 6 nitrogen and oxygen atoms in total. The van der Waals surface area contributed by atoms with Crippen LogP contribution in [0, 0.1) is 11.6 Å². The highest BCUT2D eigenvalue weighted by Crippen LogP contribution is 2.32. The van der Waals surface area contributed by atoms with Gasteiger partial charge in [-0.05, 0) is 42.0 Å². The molecule has 2 heterocycles. The Kier molecular flexibility index (Phi) is 3.52. The minimum atomic E-state index is -0.919. The summed E-state index contributed by atoms with van der Waals surface area (Å²) in [5.74, 6) is -1.78. The van der Waals surface area contributed by atoms with E-state index < -0.39 is 29.7 Å². The van der Waals surface area contributed by atoms with E-state index in [9.17, 15) is 18.4 Å². The van der Waals surface area contributed by atoms with Gasteiger partial charge in [-0.25, -0.2) is 13.7 Å². The third kappa shape index (κ3) is 2.55. The molecule has 0 aromatic heterocycles. The zero-order valence-electron chi connectivity index (χ0n) is 12.8. The lowest BCUT2D eigenvalue weighted by atomic mass is 10.1. The number of fused-ring (bicyclic) bond motifs is 1. The van der Waals surface area contributed by atoms with Crippen LogP contribution in [0.15, 0.2) is 58.9 Å². The fourth-order valence-electron chi connectivity index (χ4n) is 2.98. The van der Waals surface area contributed by atoms with E-state index in [4.69, 9.17) is 0 Å². The van der Waals surface area contributed by atoms with Crippen LogP contribution >= 0.6 is 0 Å². The molecule has 4 rings (SSSR count). The molecule has 2 aromatic carbocycles. The van der Waals surface area contributed by atoms with E-state index in [2.05, 4.69) is 10.3 Å². The summed E-state index contributed by atoms with van der Waals surface area (Å²) in [6, 6.07) is 9.12. The van der Waals surface area contributed by atoms with Gasteiger partial charge in [0.25, 0.3) is 11.8 Å². The maximum Gasteiger partial charge on any atom is 0.263 e. The number of anilines is 1. The molecule has 2 aliphatic heterocycles. The first-order chi connectivity index (χ1) is 12.0. The summed E-state index contributed by atoms with van der Waals surface area (Å²) in [5.41, 5.74) is 1.03. The second kappa shape index (κ2) is 5.73. The first-order valence-electron chi connectivity index (χ1n) is 7.60. The Morgan fingerprint density at radius 1 is 0.880 bits per heavy atom. The number of hydrogen-bond acceptors (Lipinski definition) is 5. The van der Waals surface area contributed by atoms with Gasteiger partial charge in [-0.3, -0.25) is 14.6 Å². The molecule has 2 aromatic rings. The van der Waals surface area contributed by atoms with Gasteiger partial charge in [0.05, 0.1) is 12.2 Å². The van der Waals surface area contributed by atoms with Crippen molar-refractivity contribution < 1.29 is 18.4 Å². The van der Waals surface area contributed by atoms with Gasteiger partial charge in [0.1, 0.15) is 11.6 Å². The van der Waals surface area contributed by atoms with Crippen LogP contribution in [-0.4, -0.2) is 28.9 Å². The van der Waals surface area contributed by atoms with Crippen LogP contribution in [0.25, 0.3) is 0 Å². The van der Waals surface area contributed by atoms with Crippen molar-refractivity contribution in [2.24, 2.45) is 10.3 Å². The van der Waals surface area contributed by atoms with Crippen molar-refractivity contribution >= 4 is 17.5 Å². The highest BCUT2D eigenvalue weighted by atomic mass is 19.1. The number of carbonyl (C=O) groups is 2. The van der Waals surface area contributed by atoms with Crippen molar-refractivity contribution in [2.75, 3.05) is 4.90 Å². The Balaban J connectivity index is 1.59. The lowest BCUT2D eigenvalue weighted by Gasteiger charge is -2.20. The van der Waals surface area contributed by atoms with E-state index in [1.807, 2.05) is 0 Å². The SMILES string of the molecule is O=C1C2N=NN(Cc3ccc(F)cc3)C2C(=O)N1c1ccc(F)cc1. The molecule has 1 saturated heterocycles. The predicted octanol–water partition coefficient (Wildman–Crippen LogP) is 2.46. The van der Waals surface area contributed by atoms with E-state index in [0.29, 0.717) is 5.69 Å². The molecule has 1 fully saturated rings. The molecule has 0 N–H and O–H groups in total. The minimum Gasteiger partial charge on any atom is -0.271 e. The fraction of sp³-hybridized carbons (Fsp3) is 0.176. The van der Waals surface area contributed by atoms with Crippen LogP contribution in [0.5, 0.6) is 0 Å². The Bertz CT molecular complexity index is 867. The standard InChI is InChI=1S/C17H12F2N4O2/c18-11-3-1-10(2-4-11)9-22-15-14(20-21-22)16(24)23(17(15)25)13-7-5-12(19)6-8-13/h1-8,14-15H,9H2. The fourth-order valence-corrected chi connectivity index (χ4v) is 2.98. The molecular formula is C17H12F2N4O2. The van der Waals surface area contributed by atoms with Crippen LogP contribution in [0.1, 0.15) is 5.56 Å². The van der Waals surface area contributed by atoms with Gasteiger partial charge in [0.15, 0.2) is 12.1 Å². The second-order valence-electron chi connectivity index (χ2n) is 5.81. The van der Waals surface area contributed by atoms with Gasteiger partial charge in [0.2, 0.25) is 0 Å². The smallest absolute Gasteiger partial charge is 0.263 e. The molecule has 126 valence electrons. The van der Waals surface area contributed by atoms with Gasteiger partial charge in [-0.2, -0.15) is 5.11 Å². The Morgan fingerprint density at radius 2 is 1.48 bits per heavy atom. The average Bonchev–Trinajstić information content (AvgIpc) is 3.12. The molecule has 8 heteroatoms. The predicted molar refractivity (Wildman–Crippen MR) is 83.3 cm³/mol. The number of benzene rings is 2. The minimum absolute atomic E-state index is 0.223. The van der Waals surface area contributed by atoms with E-state index in [1.54, 1.807) is 12.1 Å². The Morgan fingerprint density at radius 3 is 2.12 bits per heavy atom. The summed E-state index contributed by atoms with van der Waals surface area (Å²) < 4.78 is 26.1. The average molecular weight is 342 g/mol. The molecule has 2 atom stereocenters. The number of hydrogen-bond donors (Lipinski definition) is 0. The van der Waals surface area contributed by atoms with Crippen LogP contribution in [0.3, 0.4) is 0 Å². The lowest BCUT2D eigenvalue weighted by Crippen LogP contribution is -2.39. The van der Waals surface area contributed by atoms with Gasteiger partial charge in [-0.1, -0.05) is 17.4 Å². The maximum absolute atomic E-state index is 13.1. The molecule has 2 unspecified atom stereocenters. The van der Waals surface area contributed by atoms with E-state index in [1.165, 1.54) is 41.4 Å². The van der Waals surface area contributed by atoms with E-state index in [0.717, 1.165) is 10.5 Å². The summed E-state index contributed by atoms with van der Waals surface area (Å²) in [7, 11) is 0. The molecular weight excluding hydrogens is 330 g/mol. The van der Waals surface area contributed by atoms with Crippen LogP contribution in [-0.2, 0) is 16.1 Å². The van der Waals surface area contributed by atoms with E-state index >= 15 is 0 Å². The number of imide groups is 1.